The summed E-state index contributed by atoms with van der Waals surface area (Å²) in [7, 11) is 1.56. The molecule has 0 bridgehead atoms. The fourth-order valence-electron chi connectivity index (χ4n) is 1.70. The van der Waals surface area contributed by atoms with Gasteiger partial charge in [0.15, 0.2) is 0 Å². The molecule has 0 aliphatic carbocycles. The Morgan fingerprint density at radius 3 is 2.75 bits per heavy atom. The molecule has 20 heavy (non-hydrogen) atoms. The van der Waals surface area contributed by atoms with Crippen LogP contribution in [0.3, 0.4) is 0 Å². The van der Waals surface area contributed by atoms with Crippen LogP contribution in [0.4, 0.5) is 5.69 Å². The van der Waals surface area contributed by atoms with Crippen molar-refractivity contribution in [1.82, 2.24) is 4.98 Å². The zero-order valence-electron chi connectivity index (χ0n) is 10.8. The molecule has 0 radical (unpaired) electrons. The predicted octanol–water partition coefficient (Wildman–Crippen LogP) is 3.54. The van der Waals surface area contributed by atoms with Gasteiger partial charge in [-0.25, -0.2) is 4.98 Å². The van der Waals surface area contributed by atoms with Crippen molar-refractivity contribution in [2.75, 3.05) is 19.0 Å². The number of hydrogen-bond donors (Lipinski definition) is 2. The van der Waals surface area contributed by atoms with Gasteiger partial charge in [-0.3, -0.25) is 0 Å². The zero-order chi connectivity index (χ0) is 14.5. The Labute approximate surface area is 127 Å². The molecule has 1 heterocycles. The van der Waals surface area contributed by atoms with Crippen molar-refractivity contribution in [1.29, 1.82) is 0 Å². The molecule has 1 aromatic heterocycles. The minimum atomic E-state index is -0.761. The van der Waals surface area contributed by atoms with Crippen LogP contribution < -0.4 is 10.1 Å². The van der Waals surface area contributed by atoms with Crippen LogP contribution in [0.5, 0.6) is 5.88 Å². The molecule has 6 heteroatoms. The zero-order valence-corrected chi connectivity index (χ0v) is 12.3. The average Bonchev–Trinajstić information content (AvgIpc) is 2.47. The van der Waals surface area contributed by atoms with E-state index in [2.05, 4.69) is 10.3 Å². The number of nitrogens with zero attached hydrogens (tertiary/aromatic N) is 1. The van der Waals surface area contributed by atoms with Crippen LogP contribution in [0.25, 0.3) is 0 Å². The highest BCUT2D eigenvalue weighted by Gasteiger charge is 2.12. The van der Waals surface area contributed by atoms with E-state index in [0.29, 0.717) is 28.0 Å². The first-order valence-corrected chi connectivity index (χ1v) is 6.72. The molecule has 0 spiro atoms. The first kappa shape index (κ1) is 14.9. The summed E-state index contributed by atoms with van der Waals surface area (Å²) >= 11 is 11.9. The van der Waals surface area contributed by atoms with Gasteiger partial charge in [-0.2, -0.15) is 0 Å². The maximum atomic E-state index is 10.1. The maximum absolute atomic E-state index is 10.1. The summed E-state index contributed by atoms with van der Waals surface area (Å²) in [5, 5.41) is 14.2. The van der Waals surface area contributed by atoms with Gasteiger partial charge in [-0.1, -0.05) is 23.2 Å². The lowest BCUT2D eigenvalue weighted by Crippen LogP contribution is -2.12. The molecule has 2 N–H and O–H groups in total. The summed E-state index contributed by atoms with van der Waals surface area (Å²) in [5.74, 6) is 0.536. The van der Waals surface area contributed by atoms with Crippen LogP contribution in [-0.2, 0) is 0 Å². The van der Waals surface area contributed by atoms with Crippen molar-refractivity contribution < 1.29 is 9.84 Å². The molecule has 106 valence electrons. The number of nitrogens with one attached hydrogen (secondary N) is 1. The SMILES string of the molecule is COc1ccc(NCC(O)c2cc(Cl)ccc2Cl)cn1. The minimum absolute atomic E-state index is 0.300. The van der Waals surface area contributed by atoms with Gasteiger partial charge in [0.2, 0.25) is 5.88 Å². The molecule has 0 saturated heterocycles. The molecule has 2 aromatic rings. The fraction of sp³-hybridized carbons (Fsp3) is 0.214. The van der Waals surface area contributed by atoms with Crippen molar-refractivity contribution in [3.8, 4) is 5.88 Å². The number of ether oxygens (including phenoxy) is 1. The number of methoxy groups -OCH3 is 1. The smallest absolute Gasteiger partial charge is 0.213 e. The summed E-state index contributed by atoms with van der Waals surface area (Å²) in [5.41, 5.74) is 1.37. The molecular formula is C14H14Cl2N2O2. The Morgan fingerprint density at radius 1 is 1.30 bits per heavy atom. The first-order chi connectivity index (χ1) is 9.60. The number of aliphatic hydroxyl groups excluding tert-OH is 1. The van der Waals surface area contributed by atoms with E-state index in [1.54, 1.807) is 37.6 Å². The van der Waals surface area contributed by atoms with E-state index in [-0.39, 0.29) is 0 Å². The number of rotatable bonds is 5. The van der Waals surface area contributed by atoms with Crippen molar-refractivity contribution in [2.24, 2.45) is 0 Å². The molecule has 0 saturated carbocycles. The Hall–Kier alpha value is -1.49. The highest BCUT2D eigenvalue weighted by Crippen LogP contribution is 2.26. The van der Waals surface area contributed by atoms with Gasteiger partial charge in [0, 0.05) is 28.2 Å². The van der Waals surface area contributed by atoms with Crippen LogP contribution >= 0.6 is 23.2 Å². The van der Waals surface area contributed by atoms with E-state index < -0.39 is 6.10 Å². The lowest BCUT2D eigenvalue weighted by atomic mass is 10.1. The molecule has 1 unspecified atom stereocenters. The second kappa shape index (κ2) is 6.79. The number of halogens is 2. The Balaban J connectivity index is 2.00. The normalized spacial score (nSPS) is 12.0. The summed E-state index contributed by atoms with van der Waals surface area (Å²) in [6.07, 6.45) is 0.869. The van der Waals surface area contributed by atoms with Gasteiger partial charge in [0.1, 0.15) is 0 Å². The topological polar surface area (TPSA) is 54.4 Å². The first-order valence-electron chi connectivity index (χ1n) is 5.97. The third-order valence-corrected chi connectivity index (χ3v) is 3.34. The Morgan fingerprint density at radius 2 is 2.10 bits per heavy atom. The van der Waals surface area contributed by atoms with Crippen LogP contribution in [0.2, 0.25) is 10.0 Å². The van der Waals surface area contributed by atoms with Crippen molar-refractivity contribution in [2.45, 2.75) is 6.10 Å². The highest BCUT2D eigenvalue weighted by molar-refractivity contribution is 6.33. The van der Waals surface area contributed by atoms with Crippen molar-refractivity contribution in [3.63, 3.8) is 0 Å². The van der Waals surface area contributed by atoms with E-state index in [1.807, 2.05) is 6.07 Å². The predicted molar refractivity (Wildman–Crippen MR) is 80.7 cm³/mol. The number of hydrogen-bond acceptors (Lipinski definition) is 4. The van der Waals surface area contributed by atoms with Gasteiger partial charge >= 0.3 is 0 Å². The van der Waals surface area contributed by atoms with Crippen molar-refractivity contribution >= 4 is 28.9 Å². The number of benzene rings is 1. The third kappa shape index (κ3) is 3.76. The molecule has 0 aliphatic heterocycles. The standard InChI is InChI=1S/C14H14Cl2N2O2/c1-20-14-5-3-10(7-18-14)17-8-13(19)11-6-9(15)2-4-12(11)16/h2-7,13,17,19H,8H2,1H3. The van der Waals surface area contributed by atoms with E-state index >= 15 is 0 Å². The fourth-order valence-corrected chi connectivity index (χ4v) is 2.12. The second-order valence-corrected chi connectivity index (χ2v) is 5.00. The monoisotopic (exact) mass is 312 g/mol. The van der Waals surface area contributed by atoms with E-state index in [0.717, 1.165) is 5.69 Å². The van der Waals surface area contributed by atoms with Crippen LogP contribution in [0, 0.1) is 0 Å². The molecule has 0 fully saturated rings. The average molecular weight is 313 g/mol. The minimum Gasteiger partial charge on any atom is -0.481 e. The lowest BCUT2D eigenvalue weighted by Gasteiger charge is -2.14. The molecule has 2 rings (SSSR count). The number of anilines is 1. The summed E-state index contributed by atoms with van der Waals surface area (Å²) in [4.78, 5) is 4.07. The summed E-state index contributed by atoms with van der Waals surface area (Å²) < 4.78 is 4.97. The van der Waals surface area contributed by atoms with E-state index in [9.17, 15) is 5.11 Å². The van der Waals surface area contributed by atoms with Crippen LogP contribution in [0.1, 0.15) is 11.7 Å². The van der Waals surface area contributed by atoms with Gasteiger partial charge in [-0.15, -0.1) is 0 Å². The van der Waals surface area contributed by atoms with Crippen molar-refractivity contribution in [3.05, 3.63) is 52.1 Å². The second-order valence-electron chi connectivity index (χ2n) is 4.15. The number of aromatic nitrogens is 1. The van der Waals surface area contributed by atoms with E-state index in [4.69, 9.17) is 27.9 Å². The van der Waals surface area contributed by atoms with Gasteiger partial charge in [-0.05, 0) is 24.3 Å². The van der Waals surface area contributed by atoms with Crippen LogP contribution in [-0.4, -0.2) is 23.7 Å². The van der Waals surface area contributed by atoms with Gasteiger partial charge in [0.25, 0.3) is 0 Å². The Kier molecular flexibility index (Phi) is 5.06. The quantitative estimate of drug-likeness (QED) is 0.886. The molecule has 1 atom stereocenters. The van der Waals surface area contributed by atoms with Gasteiger partial charge in [0.05, 0.1) is 25.1 Å². The van der Waals surface area contributed by atoms with Gasteiger partial charge < -0.3 is 15.2 Å². The molecular weight excluding hydrogens is 299 g/mol. The highest BCUT2D eigenvalue weighted by atomic mass is 35.5. The summed E-state index contributed by atoms with van der Waals surface area (Å²) in [6.45, 7) is 0.300. The largest absolute Gasteiger partial charge is 0.481 e. The molecule has 0 aliphatic rings. The van der Waals surface area contributed by atoms with Crippen LogP contribution in [0.15, 0.2) is 36.5 Å². The summed E-state index contributed by atoms with van der Waals surface area (Å²) in [6, 6.07) is 8.56. The maximum Gasteiger partial charge on any atom is 0.213 e. The lowest BCUT2D eigenvalue weighted by molar-refractivity contribution is 0.192. The number of pyridine rings is 1. The Bertz CT molecular complexity index is 576. The molecule has 0 amide bonds. The van der Waals surface area contributed by atoms with E-state index in [1.165, 1.54) is 0 Å². The third-order valence-electron chi connectivity index (χ3n) is 2.76. The molecule has 4 nitrogen and oxygen atoms in total. The number of aliphatic hydroxyl groups is 1. The molecule has 1 aromatic carbocycles.